The molecule has 0 saturated carbocycles. The molecule has 0 aliphatic heterocycles. The van der Waals surface area contributed by atoms with Gasteiger partial charge in [-0.2, -0.15) is 0 Å². The first kappa shape index (κ1) is 14.8. The number of nitrogens with zero attached hydrogens (tertiary/aromatic N) is 1. The number of ether oxygens (including phenoxy) is 1. The molecule has 0 unspecified atom stereocenters. The van der Waals surface area contributed by atoms with E-state index in [1.165, 1.54) is 0 Å². The number of hydrogen-bond acceptors (Lipinski definition) is 4. The van der Waals surface area contributed by atoms with Gasteiger partial charge in [0.2, 0.25) is 0 Å². The van der Waals surface area contributed by atoms with Crippen molar-refractivity contribution in [1.29, 1.82) is 0 Å². The Hall–Kier alpha value is -2.56. The molecule has 2 aromatic rings. The highest BCUT2D eigenvalue weighted by Crippen LogP contribution is 2.17. The lowest BCUT2D eigenvalue weighted by molar-refractivity contribution is 0.102. The molecule has 2 N–H and O–H groups in total. The molecule has 0 radical (unpaired) electrons. The second-order valence-electron chi connectivity index (χ2n) is 4.60. The van der Waals surface area contributed by atoms with Crippen LogP contribution in [0.5, 0.6) is 5.75 Å². The smallest absolute Gasteiger partial charge is 0.255 e. The highest BCUT2D eigenvalue weighted by molar-refractivity contribution is 6.04. The fourth-order valence-electron chi connectivity index (χ4n) is 1.95. The van der Waals surface area contributed by atoms with E-state index in [1.807, 2.05) is 13.8 Å². The summed E-state index contributed by atoms with van der Waals surface area (Å²) in [6.07, 6.45) is 0. The molecule has 1 amide bonds. The van der Waals surface area contributed by atoms with Crippen molar-refractivity contribution in [3.63, 3.8) is 0 Å². The summed E-state index contributed by atoms with van der Waals surface area (Å²) in [6.45, 7) is 4.61. The van der Waals surface area contributed by atoms with Crippen molar-refractivity contribution in [1.82, 2.24) is 4.98 Å². The van der Waals surface area contributed by atoms with Gasteiger partial charge in [0, 0.05) is 23.5 Å². The molecule has 0 atom stereocenters. The standard InChI is InChI=1S/C16H19N3O2/c1-4-17-15-10-12(9-11(2)18-15)16(20)19-13-5-7-14(21-3)8-6-13/h5-10H,4H2,1-3H3,(H,17,18)(H,19,20). The van der Waals surface area contributed by atoms with Gasteiger partial charge in [-0.05, 0) is 50.2 Å². The lowest BCUT2D eigenvalue weighted by atomic mass is 10.2. The van der Waals surface area contributed by atoms with Crippen LogP contribution in [0.2, 0.25) is 0 Å². The maximum Gasteiger partial charge on any atom is 0.255 e. The normalized spacial score (nSPS) is 10.0. The molecular weight excluding hydrogens is 266 g/mol. The van der Waals surface area contributed by atoms with Crippen LogP contribution >= 0.6 is 0 Å². The number of rotatable bonds is 5. The van der Waals surface area contributed by atoms with Crippen molar-refractivity contribution in [2.24, 2.45) is 0 Å². The number of hydrogen-bond donors (Lipinski definition) is 2. The van der Waals surface area contributed by atoms with Crippen LogP contribution in [0.25, 0.3) is 0 Å². The van der Waals surface area contributed by atoms with Crippen LogP contribution in [0.15, 0.2) is 36.4 Å². The molecule has 5 nitrogen and oxygen atoms in total. The second kappa shape index (κ2) is 6.74. The summed E-state index contributed by atoms with van der Waals surface area (Å²) in [6, 6.07) is 10.7. The van der Waals surface area contributed by atoms with Crippen LogP contribution in [0.4, 0.5) is 11.5 Å². The van der Waals surface area contributed by atoms with Crippen molar-refractivity contribution in [2.75, 3.05) is 24.3 Å². The Bertz CT molecular complexity index is 624. The number of anilines is 2. The number of benzene rings is 1. The predicted octanol–water partition coefficient (Wildman–Crippen LogP) is 3.08. The zero-order valence-corrected chi connectivity index (χ0v) is 12.4. The summed E-state index contributed by atoms with van der Waals surface area (Å²) in [5.41, 5.74) is 2.10. The molecule has 1 heterocycles. The van der Waals surface area contributed by atoms with E-state index in [0.29, 0.717) is 11.4 Å². The lowest BCUT2D eigenvalue weighted by Gasteiger charge is -2.09. The number of carbonyl (C=O) groups is 1. The average Bonchev–Trinajstić information content (AvgIpc) is 2.48. The molecule has 1 aromatic heterocycles. The van der Waals surface area contributed by atoms with Gasteiger partial charge in [-0.15, -0.1) is 0 Å². The Morgan fingerprint density at radius 1 is 1.24 bits per heavy atom. The maximum atomic E-state index is 12.3. The van der Waals surface area contributed by atoms with E-state index in [-0.39, 0.29) is 5.91 Å². The molecular formula is C16H19N3O2. The van der Waals surface area contributed by atoms with Crippen LogP contribution in [-0.2, 0) is 0 Å². The van der Waals surface area contributed by atoms with Crippen molar-refractivity contribution in [2.45, 2.75) is 13.8 Å². The minimum Gasteiger partial charge on any atom is -0.497 e. The number of aromatic nitrogens is 1. The summed E-state index contributed by atoms with van der Waals surface area (Å²) in [5, 5.41) is 5.97. The third-order valence-corrected chi connectivity index (χ3v) is 2.92. The maximum absolute atomic E-state index is 12.3. The van der Waals surface area contributed by atoms with Gasteiger partial charge >= 0.3 is 0 Å². The third kappa shape index (κ3) is 3.95. The highest BCUT2D eigenvalue weighted by Gasteiger charge is 2.09. The minimum atomic E-state index is -0.162. The number of pyridine rings is 1. The molecule has 1 aromatic carbocycles. The molecule has 0 aliphatic rings. The number of carbonyl (C=O) groups excluding carboxylic acids is 1. The molecule has 5 heteroatoms. The Morgan fingerprint density at radius 2 is 1.95 bits per heavy atom. The number of nitrogens with one attached hydrogen (secondary N) is 2. The fourth-order valence-corrected chi connectivity index (χ4v) is 1.95. The summed E-state index contributed by atoms with van der Waals surface area (Å²) >= 11 is 0. The topological polar surface area (TPSA) is 63.2 Å². The molecule has 21 heavy (non-hydrogen) atoms. The van der Waals surface area contributed by atoms with Gasteiger partial charge in [0.25, 0.3) is 5.91 Å². The van der Waals surface area contributed by atoms with Crippen molar-refractivity contribution in [3.05, 3.63) is 47.7 Å². The fraction of sp³-hybridized carbons (Fsp3) is 0.250. The summed E-state index contributed by atoms with van der Waals surface area (Å²) in [7, 11) is 1.61. The van der Waals surface area contributed by atoms with Gasteiger partial charge in [-0.3, -0.25) is 4.79 Å². The monoisotopic (exact) mass is 285 g/mol. The molecule has 0 fully saturated rings. The van der Waals surface area contributed by atoms with E-state index in [4.69, 9.17) is 4.74 Å². The van der Waals surface area contributed by atoms with Gasteiger partial charge in [-0.25, -0.2) is 4.98 Å². The van der Waals surface area contributed by atoms with Crippen LogP contribution in [0.3, 0.4) is 0 Å². The molecule has 0 bridgehead atoms. The minimum absolute atomic E-state index is 0.162. The average molecular weight is 285 g/mol. The Kier molecular flexibility index (Phi) is 4.77. The van der Waals surface area contributed by atoms with E-state index in [0.717, 1.165) is 23.7 Å². The van der Waals surface area contributed by atoms with E-state index < -0.39 is 0 Å². The first-order valence-electron chi connectivity index (χ1n) is 6.80. The molecule has 0 spiro atoms. The number of aryl methyl sites for hydroxylation is 1. The zero-order valence-electron chi connectivity index (χ0n) is 12.4. The Morgan fingerprint density at radius 3 is 2.57 bits per heavy atom. The zero-order chi connectivity index (χ0) is 15.2. The summed E-state index contributed by atoms with van der Waals surface area (Å²) < 4.78 is 5.09. The SMILES string of the molecule is CCNc1cc(C(=O)Nc2ccc(OC)cc2)cc(C)n1. The van der Waals surface area contributed by atoms with Gasteiger partial charge < -0.3 is 15.4 Å². The van der Waals surface area contributed by atoms with E-state index in [9.17, 15) is 4.79 Å². The van der Waals surface area contributed by atoms with Gasteiger partial charge in [0.15, 0.2) is 0 Å². The Labute approximate surface area is 124 Å². The third-order valence-electron chi connectivity index (χ3n) is 2.92. The van der Waals surface area contributed by atoms with Gasteiger partial charge in [0.1, 0.15) is 11.6 Å². The first-order valence-corrected chi connectivity index (χ1v) is 6.80. The lowest BCUT2D eigenvalue weighted by Crippen LogP contribution is -2.13. The summed E-state index contributed by atoms with van der Waals surface area (Å²) in [4.78, 5) is 16.6. The van der Waals surface area contributed by atoms with Crippen molar-refractivity contribution in [3.8, 4) is 5.75 Å². The van der Waals surface area contributed by atoms with Crippen molar-refractivity contribution < 1.29 is 9.53 Å². The largest absolute Gasteiger partial charge is 0.497 e. The first-order chi connectivity index (χ1) is 10.1. The van der Waals surface area contributed by atoms with Crippen molar-refractivity contribution >= 4 is 17.4 Å². The Balaban J connectivity index is 2.15. The quantitative estimate of drug-likeness (QED) is 0.886. The van der Waals surface area contributed by atoms with Crippen LogP contribution in [0.1, 0.15) is 23.0 Å². The van der Waals surface area contributed by atoms with Crippen LogP contribution in [0, 0.1) is 6.92 Å². The van der Waals surface area contributed by atoms with E-state index in [1.54, 1.807) is 43.5 Å². The molecule has 0 aliphatic carbocycles. The second-order valence-corrected chi connectivity index (χ2v) is 4.60. The van der Waals surface area contributed by atoms with Crippen LogP contribution < -0.4 is 15.4 Å². The van der Waals surface area contributed by atoms with E-state index >= 15 is 0 Å². The molecule has 2 rings (SSSR count). The summed E-state index contributed by atoms with van der Waals surface area (Å²) in [5.74, 6) is 1.30. The molecule has 0 saturated heterocycles. The number of amides is 1. The van der Waals surface area contributed by atoms with Crippen LogP contribution in [-0.4, -0.2) is 24.5 Å². The van der Waals surface area contributed by atoms with Gasteiger partial charge in [0.05, 0.1) is 7.11 Å². The predicted molar refractivity (Wildman–Crippen MR) is 84.1 cm³/mol. The van der Waals surface area contributed by atoms with Gasteiger partial charge in [-0.1, -0.05) is 0 Å². The van der Waals surface area contributed by atoms with E-state index in [2.05, 4.69) is 15.6 Å². The number of methoxy groups -OCH3 is 1. The molecule has 110 valence electrons. The highest BCUT2D eigenvalue weighted by atomic mass is 16.5.